The lowest BCUT2D eigenvalue weighted by molar-refractivity contribution is 0.0383. The van der Waals surface area contributed by atoms with E-state index in [9.17, 15) is 4.79 Å². The predicted molar refractivity (Wildman–Crippen MR) is 135 cm³/mol. The lowest BCUT2D eigenvalue weighted by Crippen LogP contribution is -2.41. The number of para-hydroxylation sites is 1. The Labute approximate surface area is 212 Å². The van der Waals surface area contributed by atoms with E-state index in [2.05, 4.69) is 32.2 Å². The largest absolute Gasteiger partial charge is 0.493 e. The first kappa shape index (κ1) is 25.7. The van der Waals surface area contributed by atoms with Gasteiger partial charge in [0.25, 0.3) is 5.91 Å². The average molecular weight is 495 g/mol. The topological polar surface area (TPSA) is 89.3 Å². The van der Waals surface area contributed by atoms with E-state index in [1.807, 2.05) is 36.4 Å². The van der Waals surface area contributed by atoms with Gasteiger partial charge in [0, 0.05) is 44.8 Å². The number of methoxy groups -OCH3 is 2. The van der Waals surface area contributed by atoms with E-state index < -0.39 is 0 Å². The van der Waals surface area contributed by atoms with Gasteiger partial charge in [0.15, 0.2) is 17.2 Å². The van der Waals surface area contributed by atoms with Crippen LogP contribution in [0, 0.1) is 0 Å². The highest BCUT2D eigenvalue weighted by molar-refractivity contribution is 5.91. The molecule has 4 rings (SSSR count). The van der Waals surface area contributed by atoms with E-state index in [-0.39, 0.29) is 11.6 Å². The summed E-state index contributed by atoms with van der Waals surface area (Å²) in [7, 11) is 3.27. The van der Waals surface area contributed by atoms with Crippen molar-refractivity contribution in [3.63, 3.8) is 0 Å². The lowest BCUT2D eigenvalue weighted by Gasteiger charge is -2.26. The maximum atomic E-state index is 12.6. The molecular weight excluding hydrogens is 460 g/mol. The Bertz CT molecular complexity index is 1100. The van der Waals surface area contributed by atoms with Crippen molar-refractivity contribution < 1.29 is 23.4 Å². The predicted octanol–water partition coefficient (Wildman–Crippen LogP) is 2.96. The maximum absolute atomic E-state index is 12.6. The number of ether oxygens (including phenoxy) is 3. The van der Waals surface area contributed by atoms with Crippen LogP contribution in [0.15, 0.2) is 59.2 Å². The summed E-state index contributed by atoms with van der Waals surface area (Å²) < 4.78 is 22.2. The standard InChI is InChI=1S/C27H34N4O5/c1-33-24-10-6-9-22(26(24)34-2)18-31(17-21-7-4-3-5-8-21)19-25-29-23(20-36-25)27(32)28-11-12-30-13-15-35-16-14-30/h3-10,20H,11-19H2,1-2H3,(H,28,32). The number of aromatic nitrogens is 1. The van der Waals surface area contributed by atoms with Crippen molar-refractivity contribution in [2.24, 2.45) is 0 Å². The van der Waals surface area contributed by atoms with E-state index in [1.165, 1.54) is 6.26 Å². The van der Waals surface area contributed by atoms with Crippen LogP contribution >= 0.6 is 0 Å². The first-order valence-corrected chi connectivity index (χ1v) is 12.1. The molecule has 36 heavy (non-hydrogen) atoms. The van der Waals surface area contributed by atoms with Gasteiger partial charge in [0.05, 0.1) is 34.0 Å². The molecule has 0 unspecified atom stereocenters. The van der Waals surface area contributed by atoms with E-state index >= 15 is 0 Å². The highest BCUT2D eigenvalue weighted by atomic mass is 16.5. The van der Waals surface area contributed by atoms with Crippen LogP contribution in [-0.2, 0) is 24.4 Å². The number of nitrogens with zero attached hydrogens (tertiary/aromatic N) is 3. The van der Waals surface area contributed by atoms with Crippen molar-refractivity contribution in [3.05, 3.63) is 77.5 Å². The Morgan fingerprint density at radius 1 is 1.03 bits per heavy atom. The molecule has 9 nitrogen and oxygen atoms in total. The van der Waals surface area contributed by atoms with Gasteiger partial charge in [-0.2, -0.15) is 0 Å². The second kappa shape index (κ2) is 13.1. The number of nitrogens with one attached hydrogen (secondary N) is 1. The maximum Gasteiger partial charge on any atom is 0.273 e. The Hall–Kier alpha value is -3.40. The van der Waals surface area contributed by atoms with Gasteiger partial charge in [-0.1, -0.05) is 42.5 Å². The van der Waals surface area contributed by atoms with Crippen molar-refractivity contribution in [1.82, 2.24) is 20.1 Å². The number of amides is 1. The molecule has 0 saturated carbocycles. The fourth-order valence-electron chi connectivity index (χ4n) is 4.25. The van der Waals surface area contributed by atoms with Crippen LogP contribution in [0.5, 0.6) is 11.5 Å². The second-order valence-corrected chi connectivity index (χ2v) is 8.62. The molecule has 0 atom stereocenters. The molecule has 1 saturated heterocycles. The van der Waals surface area contributed by atoms with Gasteiger partial charge in [-0.05, 0) is 11.6 Å². The zero-order chi connectivity index (χ0) is 25.2. The molecule has 2 aromatic carbocycles. The van der Waals surface area contributed by atoms with Gasteiger partial charge in [-0.25, -0.2) is 4.98 Å². The van der Waals surface area contributed by atoms with E-state index in [0.717, 1.165) is 44.0 Å². The number of hydrogen-bond donors (Lipinski definition) is 1. The molecule has 1 aliphatic heterocycles. The molecule has 2 heterocycles. The first-order chi connectivity index (χ1) is 17.7. The smallest absolute Gasteiger partial charge is 0.273 e. The van der Waals surface area contributed by atoms with Crippen LogP contribution in [0.4, 0.5) is 0 Å². The SMILES string of the molecule is COc1cccc(CN(Cc2ccccc2)Cc2nc(C(=O)NCCN3CCOCC3)co2)c1OC. The molecule has 0 radical (unpaired) electrons. The number of rotatable bonds is 12. The van der Waals surface area contributed by atoms with Crippen molar-refractivity contribution in [2.45, 2.75) is 19.6 Å². The minimum atomic E-state index is -0.234. The molecule has 9 heteroatoms. The number of carbonyl (C=O) groups excluding carboxylic acids is 1. The first-order valence-electron chi connectivity index (χ1n) is 12.1. The van der Waals surface area contributed by atoms with Crippen LogP contribution in [0.2, 0.25) is 0 Å². The molecular formula is C27H34N4O5. The molecule has 1 amide bonds. The van der Waals surface area contributed by atoms with Crippen LogP contribution in [0.1, 0.15) is 27.5 Å². The fraction of sp³-hybridized carbons (Fsp3) is 0.407. The van der Waals surface area contributed by atoms with Crippen molar-refractivity contribution in [3.8, 4) is 11.5 Å². The molecule has 0 bridgehead atoms. The summed E-state index contributed by atoms with van der Waals surface area (Å²) in [6.45, 7) is 6.27. The zero-order valence-corrected chi connectivity index (χ0v) is 20.9. The van der Waals surface area contributed by atoms with E-state index in [0.29, 0.717) is 43.6 Å². The normalized spacial score (nSPS) is 14.1. The minimum absolute atomic E-state index is 0.234. The Morgan fingerprint density at radius 3 is 2.58 bits per heavy atom. The lowest BCUT2D eigenvalue weighted by atomic mass is 10.1. The number of morpholine rings is 1. The molecule has 1 aliphatic rings. The van der Waals surface area contributed by atoms with Gasteiger partial charge in [-0.3, -0.25) is 14.6 Å². The highest BCUT2D eigenvalue weighted by Crippen LogP contribution is 2.32. The Balaban J connectivity index is 1.42. The van der Waals surface area contributed by atoms with Gasteiger partial charge >= 0.3 is 0 Å². The molecule has 1 N–H and O–H groups in total. The monoisotopic (exact) mass is 494 g/mol. The quantitative estimate of drug-likeness (QED) is 0.411. The van der Waals surface area contributed by atoms with Gasteiger partial charge in [-0.15, -0.1) is 0 Å². The van der Waals surface area contributed by atoms with Crippen LogP contribution in [-0.4, -0.2) is 74.3 Å². The summed E-state index contributed by atoms with van der Waals surface area (Å²) in [5.74, 6) is 1.63. The summed E-state index contributed by atoms with van der Waals surface area (Å²) in [6.07, 6.45) is 1.42. The summed E-state index contributed by atoms with van der Waals surface area (Å²) in [4.78, 5) is 21.5. The number of hydrogen-bond acceptors (Lipinski definition) is 8. The number of oxazole rings is 1. The van der Waals surface area contributed by atoms with Crippen molar-refractivity contribution in [2.75, 3.05) is 53.6 Å². The number of benzene rings is 2. The summed E-state index contributed by atoms with van der Waals surface area (Å²) >= 11 is 0. The fourth-order valence-corrected chi connectivity index (χ4v) is 4.25. The van der Waals surface area contributed by atoms with E-state index in [4.69, 9.17) is 18.6 Å². The summed E-state index contributed by atoms with van der Waals surface area (Å²) in [5, 5.41) is 2.93. The Kier molecular flexibility index (Phi) is 9.32. The average Bonchev–Trinajstić information content (AvgIpc) is 3.38. The van der Waals surface area contributed by atoms with Crippen LogP contribution in [0.25, 0.3) is 0 Å². The molecule has 0 spiro atoms. The third-order valence-corrected chi connectivity index (χ3v) is 6.09. The van der Waals surface area contributed by atoms with Gasteiger partial charge in [0.1, 0.15) is 6.26 Å². The molecule has 0 aliphatic carbocycles. The molecule has 3 aromatic rings. The van der Waals surface area contributed by atoms with Crippen molar-refractivity contribution in [1.29, 1.82) is 0 Å². The molecule has 1 aromatic heterocycles. The zero-order valence-electron chi connectivity index (χ0n) is 20.9. The minimum Gasteiger partial charge on any atom is -0.493 e. The van der Waals surface area contributed by atoms with Crippen LogP contribution in [0.3, 0.4) is 0 Å². The molecule has 1 fully saturated rings. The van der Waals surface area contributed by atoms with Gasteiger partial charge in [0.2, 0.25) is 5.89 Å². The van der Waals surface area contributed by atoms with E-state index in [1.54, 1.807) is 14.2 Å². The van der Waals surface area contributed by atoms with Crippen LogP contribution < -0.4 is 14.8 Å². The number of carbonyl (C=O) groups is 1. The highest BCUT2D eigenvalue weighted by Gasteiger charge is 2.19. The molecule has 192 valence electrons. The third kappa shape index (κ3) is 7.07. The second-order valence-electron chi connectivity index (χ2n) is 8.62. The Morgan fingerprint density at radius 2 is 1.83 bits per heavy atom. The van der Waals surface area contributed by atoms with Gasteiger partial charge < -0.3 is 23.9 Å². The third-order valence-electron chi connectivity index (χ3n) is 6.09. The summed E-state index contributed by atoms with van der Waals surface area (Å²) in [5.41, 5.74) is 2.43. The summed E-state index contributed by atoms with van der Waals surface area (Å²) in [6, 6.07) is 16.0. The van der Waals surface area contributed by atoms with Crippen molar-refractivity contribution >= 4 is 5.91 Å².